The zero-order chi connectivity index (χ0) is 13.2. The predicted molar refractivity (Wildman–Crippen MR) is 76.8 cm³/mol. The second kappa shape index (κ2) is 4.94. The second-order valence-corrected chi connectivity index (χ2v) is 4.79. The Bertz CT molecular complexity index is 704. The van der Waals surface area contributed by atoms with Gasteiger partial charge in [0.25, 0.3) is 0 Å². The van der Waals surface area contributed by atoms with Crippen molar-refractivity contribution in [1.29, 1.82) is 0 Å². The predicted octanol–water partition coefficient (Wildman–Crippen LogP) is 3.75. The first-order chi connectivity index (χ1) is 9.26. The van der Waals surface area contributed by atoms with Gasteiger partial charge < -0.3 is 9.30 Å². The molecule has 1 aromatic heterocycles. The van der Waals surface area contributed by atoms with Gasteiger partial charge in [-0.2, -0.15) is 0 Å². The van der Waals surface area contributed by atoms with Gasteiger partial charge in [-0.05, 0) is 35.9 Å². The molecule has 0 bridgehead atoms. The van der Waals surface area contributed by atoms with E-state index < -0.39 is 0 Å². The zero-order valence-electron chi connectivity index (χ0n) is 10.5. The molecule has 0 saturated heterocycles. The quantitative estimate of drug-likeness (QED) is 0.726. The van der Waals surface area contributed by atoms with E-state index in [1.807, 2.05) is 36.7 Å². The van der Waals surface area contributed by atoms with Crippen molar-refractivity contribution in [2.24, 2.45) is 0 Å². The Morgan fingerprint density at radius 1 is 1.16 bits per heavy atom. The monoisotopic (exact) mass is 272 g/mol. The van der Waals surface area contributed by atoms with Crippen LogP contribution in [0.4, 0.5) is 0 Å². The molecule has 3 aromatic rings. The van der Waals surface area contributed by atoms with Crippen LogP contribution in [0.3, 0.4) is 0 Å². The normalized spacial score (nSPS) is 10.8. The maximum absolute atomic E-state index is 5.96. The molecule has 0 aliphatic carbocycles. The minimum atomic E-state index is 0.710. The van der Waals surface area contributed by atoms with Crippen molar-refractivity contribution < 1.29 is 4.74 Å². The van der Waals surface area contributed by atoms with Crippen LogP contribution in [0.25, 0.3) is 11.0 Å². The number of aromatic nitrogens is 2. The summed E-state index contributed by atoms with van der Waals surface area (Å²) in [5.41, 5.74) is 3.20. The van der Waals surface area contributed by atoms with Gasteiger partial charge >= 0.3 is 0 Å². The summed E-state index contributed by atoms with van der Waals surface area (Å²) in [4.78, 5) is 4.36. The Labute approximate surface area is 116 Å². The van der Waals surface area contributed by atoms with E-state index in [1.165, 1.54) is 5.56 Å². The number of imidazole rings is 1. The van der Waals surface area contributed by atoms with E-state index in [0.717, 1.165) is 23.3 Å². The Hall–Kier alpha value is -2.00. The van der Waals surface area contributed by atoms with E-state index in [9.17, 15) is 0 Å². The highest BCUT2D eigenvalue weighted by Gasteiger charge is 2.04. The molecule has 0 N–H and O–H groups in total. The molecule has 0 saturated carbocycles. The van der Waals surface area contributed by atoms with E-state index in [4.69, 9.17) is 16.3 Å². The third-order valence-corrected chi connectivity index (χ3v) is 3.33. The van der Waals surface area contributed by atoms with Crippen LogP contribution in [0, 0.1) is 0 Å². The molecule has 1 heterocycles. The molecule has 0 aliphatic rings. The molecule has 2 aromatic carbocycles. The van der Waals surface area contributed by atoms with E-state index in [0.29, 0.717) is 5.02 Å². The number of fused-ring (bicyclic) bond motifs is 1. The van der Waals surface area contributed by atoms with Crippen LogP contribution in [0.2, 0.25) is 5.02 Å². The van der Waals surface area contributed by atoms with Crippen LogP contribution in [0.5, 0.6) is 5.75 Å². The molecule has 3 rings (SSSR count). The van der Waals surface area contributed by atoms with Crippen LogP contribution in [0.1, 0.15) is 5.56 Å². The number of nitrogens with zero attached hydrogens (tertiary/aromatic N) is 2. The summed E-state index contributed by atoms with van der Waals surface area (Å²) in [6, 6.07) is 13.8. The molecule has 0 fully saturated rings. The van der Waals surface area contributed by atoms with Gasteiger partial charge in [-0.1, -0.05) is 23.7 Å². The van der Waals surface area contributed by atoms with Crippen molar-refractivity contribution in [1.82, 2.24) is 9.55 Å². The van der Waals surface area contributed by atoms with Gasteiger partial charge in [0.2, 0.25) is 0 Å². The van der Waals surface area contributed by atoms with Crippen LogP contribution in [-0.4, -0.2) is 16.7 Å². The van der Waals surface area contributed by atoms with E-state index in [-0.39, 0.29) is 0 Å². The van der Waals surface area contributed by atoms with Crippen LogP contribution in [0.15, 0.2) is 48.8 Å². The summed E-state index contributed by atoms with van der Waals surface area (Å²) in [7, 11) is 1.67. The fraction of sp³-hybridized carbons (Fsp3) is 0.133. The highest BCUT2D eigenvalue weighted by atomic mass is 35.5. The third-order valence-electron chi connectivity index (χ3n) is 3.10. The molecule has 4 heteroatoms. The smallest absolute Gasteiger partial charge is 0.118 e. The topological polar surface area (TPSA) is 27.1 Å². The first-order valence-corrected chi connectivity index (χ1v) is 6.37. The largest absolute Gasteiger partial charge is 0.497 e. The van der Waals surface area contributed by atoms with Gasteiger partial charge in [-0.25, -0.2) is 4.98 Å². The fourth-order valence-electron chi connectivity index (χ4n) is 2.09. The lowest BCUT2D eigenvalue weighted by atomic mass is 10.2. The number of methoxy groups -OCH3 is 1. The molecule has 0 aliphatic heterocycles. The molecular formula is C15H13ClN2O. The van der Waals surface area contributed by atoms with Crippen molar-refractivity contribution in [3.8, 4) is 5.75 Å². The van der Waals surface area contributed by atoms with Gasteiger partial charge in [0.05, 0.1) is 24.5 Å². The lowest BCUT2D eigenvalue weighted by molar-refractivity contribution is 0.414. The second-order valence-electron chi connectivity index (χ2n) is 4.35. The number of benzene rings is 2. The van der Waals surface area contributed by atoms with Gasteiger partial charge in [-0.3, -0.25) is 0 Å². The summed E-state index contributed by atoms with van der Waals surface area (Å²) in [5.74, 6) is 0.867. The molecule has 0 amide bonds. The fourth-order valence-corrected chi connectivity index (χ4v) is 2.26. The summed E-state index contributed by atoms with van der Waals surface area (Å²) in [5, 5.41) is 0.710. The van der Waals surface area contributed by atoms with Crippen LogP contribution < -0.4 is 4.74 Å². The Kier molecular flexibility index (Phi) is 3.13. The van der Waals surface area contributed by atoms with E-state index in [1.54, 1.807) is 7.11 Å². The van der Waals surface area contributed by atoms with Crippen molar-refractivity contribution in [2.75, 3.05) is 7.11 Å². The highest BCUT2D eigenvalue weighted by molar-refractivity contribution is 6.31. The molecule has 19 heavy (non-hydrogen) atoms. The standard InChI is InChI=1S/C15H13ClN2O/c1-19-13-5-2-11(3-6-13)9-18-10-17-14-8-12(16)4-7-15(14)18/h2-8,10H,9H2,1H3. The minimum Gasteiger partial charge on any atom is -0.497 e. The van der Waals surface area contributed by atoms with Crippen LogP contribution >= 0.6 is 11.6 Å². The Balaban J connectivity index is 1.92. The minimum absolute atomic E-state index is 0.710. The van der Waals surface area contributed by atoms with Crippen molar-refractivity contribution in [3.63, 3.8) is 0 Å². The van der Waals surface area contributed by atoms with E-state index in [2.05, 4.69) is 21.7 Å². The van der Waals surface area contributed by atoms with Crippen molar-refractivity contribution in [2.45, 2.75) is 6.54 Å². The average Bonchev–Trinajstić information content (AvgIpc) is 2.82. The summed E-state index contributed by atoms with van der Waals surface area (Å²) in [6.45, 7) is 0.780. The molecular weight excluding hydrogens is 260 g/mol. The first kappa shape index (κ1) is 12.1. The molecule has 0 radical (unpaired) electrons. The summed E-state index contributed by atoms with van der Waals surface area (Å²) >= 11 is 5.96. The number of ether oxygens (including phenoxy) is 1. The molecule has 0 unspecified atom stereocenters. The Morgan fingerprint density at radius 3 is 2.68 bits per heavy atom. The maximum Gasteiger partial charge on any atom is 0.118 e. The maximum atomic E-state index is 5.96. The van der Waals surface area contributed by atoms with Crippen LogP contribution in [-0.2, 0) is 6.54 Å². The van der Waals surface area contributed by atoms with Gasteiger partial charge in [0.1, 0.15) is 5.75 Å². The van der Waals surface area contributed by atoms with Gasteiger partial charge in [-0.15, -0.1) is 0 Å². The zero-order valence-corrected chi connectivity index (χ0v) is 11.3. The molecule has 0 spiro atoms. The van der Waals surface area contributed by atoms with Crippen molar-refractivity contribution >= 4 is 22.6 Å². The van der Waals surface area contributed by atoms with Gasteiger partial charge in [0.15, 0.2) is 0 Å². The average molecular weight is 273 g/mol. The number of halogens is 1. The van der Waals surface area contributed by atoms with Crippen molar-refractivity contribution in [3.05, 3.63) is 59.4 Å². The molecule has 3 nitrogen and oxygen atoms in total. The highest BCUT2D eigenvalue weighted by Crippen LogP contribution is 2.19. The number of hydrogen-bond donors (Lipinski definition) is 0. The van der Waals surface area contributed by atoms with E-state index >= 15 is 0 Å². The number of rotatable bonds is 3. The Morgan fingerprint density at radius 2 is 1.95 bits per heavy atom. The lowest BCUT2D eigenvalue weighted by Gasteiger charge is -2.06. The molecule has 96 valence electrons. The first-order valence-electron chi connectivity index (χ1n) is 5.99. The van der Waals surface area contributed by atoms with Gasteiger partial charge in [0, 0.05) is 11.6 Å². The SMILES string of the molecule is COc1ccc(Cn2cnc3cc(Cl)ccc32)cc1. The summed E-state index contributed by atoms with van der Waals surface area (Å²) in [6.07, 6.45) is 1.84. The summed E-state index contributed by atoms with van der Waals surface area (Å²) < 4.78 is 7.26. The third kappa shape index (κ3) is 2.42. The molecule has 0 atom stereocenters. The lowest BCUT2D eigenvalue weighted by Crippen LogP contribution is -1.97. The number of hydrogen-bond acceptors (Lipinski definition) is 2.